The average molecular weight is 288 g/mol. The Bertz CT molecular complexity index is 480. The minimum Gasteiger partial charge on any atom is -0.508 e. The molecular formula is C18H28N2O. The van der Waals surface area contributed by atoms with Crippen LogP contribution in [-0.2, 0) is 6.42 Å². The third-order valence-corrected chi connectivity index (χ3v) is 5.37. The van der Waals surface area contributed by atoms with Crippen LogP contribution in [0.4, 0.5) is 0 Å². The molecule has 1 fully saturated rings. The van der Waals surface area contributed by atoms with Gasteiger partial charge in [-0.05, 0) is 82.4 Å². The van der Waals surface area contributed by atoms with Crippen molar-refractivity contribution in [2.24, 2.45) is 5.92 Å². The molecule has 0 spiro atoms. The summed E-state index contributed by atoms with van der Waals surface area (Å²) in [7, 11) is 4.49. The molecule has 1 aromatic rings. The molecule has 1 N–H and O–H groups in total. The predicted octanol–water partition coefficient (Wildman–Crippen LogP) is 3.04. The van der Waals surface area contributed by atoms with Crippen LogP contribution in [0.5, 0.6) is 5.75 Å². The van der Waals surface area contributed by atoms with Gasteiger partial charge >= 0.3 is 0 Å². The van der Waals surface area contributed by atoms with E-state index in [1.807, 2.05) is 12.1 Å². The highest BCUT2D eigenvalue weighted by Gasteiger charge is 2.27. The Hall–Kier alpha value is -1.06. The van der Waals surface area contributed by atoms with Gasteiger partial charge in [0.1, 0.15) is 5.75 Å². The number of aromatic hydroxyl groups is 1. The Morgan fingerprint density at radius 3 is 2.76 bits per heavy atom. The van der Waals surface area contributed by atoms with Crippen molar-refractivity contribution in [3.05, 3.63) is 29.3 Å². The fraction of sp³-hybridized carbons (Fsp3) is 0.667. The fourth-order valence-electron chi connectivity index (χ4n) is 4.04. The van der Waals surface area contributed by atoms with Gasteiger partial charge in [0.05, 0.1) is 0 Å². The molecule has 1 saturated heterocycles. The van der Waals surface area contributed by atoms with E-state index in [4.69, 9.17) is 0 Å². The Balaban J connectivity index is 1.69. The molecule has 1 unspecified atom stereocenters. The fourth-order valence-corrected chi connectivity index (χ4v) is 4.04. The minimum atomic E-state index is 0.487. The summed E-state index contributed by atoms with van der Waals surface area (Å²) in [5.74, 6) is 1.32. The lowest BCUT2D eigenvalue weighted by Crippen LogP contribution is -2.37. The van der Waals surface area contributed by atoms with Crippen molar-refractivity contribution in [3.63, 3.8) is 0 Å². The van der Waals surface area contributed by atoms with Gasteiger partial charge in [0.2, 0.25) is 0 Å². The Kier molecular flexibility index (Phi) is 4.51. The van der Waals surface area contributed by atoms with Gasteiger partial charge in [0, 0.05) is 12.6 Å². The highest BCUT2D eigenvalue weighted by molar-refractivity contribution is 5.42. The van der Waals surface area contributed by atoms with Gasteiger partial charge in [-0.25, -0.2) is 0 Å². The maximum absolute atomic E-state index is 10.1. The van der Waals surface area contributed by atoms with Crippen LogP contribution >= 0.6 is 0 Å². The van der Waals surface area contributed by atoms with Crippen LogP contribution in [0.1, 0.15) is 42.9 Å². The number of hydrogen-bond donors (Lipinski definition) is 1. The zero-order valence-corrected chi connectivity index (χ0v) is 13.4. The SMILES string of the molecule is CN1CCC(CN(C)C2CCCc3c(O)cccc32)CC1. The second kappa shape index (κ2) is 6.37. The quantitative estimate of drug-likeness (QED) is 0.926. The van der Waals surface area contributed by atoms with Crippen molar-refractivity contribution < 1.29 is 5.11 Å². The first-order valence-corrected chi connectivity index (χ1v) is 8.34. The van der Waals surface area contributed by atoms with E-state index >= 15 is 0 Å². The van der Waals surface area contributed by atoms with Gasteiger partial charge in [-0.1, -0.05) is 12.1 Å². The van der Waals surface area contributed by atoms with Crippen LogP contribution in [-0.4, -0.2) is 48.6 Å². The first kappa shape index (κ1) is 14.9. The molecule has 3 rings (SSSR count). The Labute approximate surface area is 128 Å². The van der Waals surface area contributed by atoms with Crippen molar-refractivity contribution in [2.75, 3.05) is 33.7 Å². The molecule has 1 atom stereocenters. The summed E-state index contributed by atoms with van der Waals surface area (Å²) in [5, 5.41) is 10.1. The van der Waals surface area contributed by atoms with E-state index < -0.39 is 0 Å². The number of hydrogen-bond acceptors (Lipinski definition) is 3. The molecule has 1 heterocycles. The van der Waals surface area contributed by atoms with Gasteiger partial charge in [0.15, 0.2) is 0 Å². The number of fused-ring (bicyclic) bond motifs is 1. The molecule has 0 amide bonds. The molecule has 0 saturated carbocycles. The summed E-state index contributed by atoms with van der Waals surface area (Å²) in [6.07, 6.45) is 6.08. The summed E-state index contributed by atoms with van der Waals surface area (Å²) in [6.45, 7) is 3.66. The van der Waals surface area contributed by atoms with Crippen LogP contribution < -0.4 is 0 Å². The molecule has 21 heavy (non-hydrogen) atoms. The van der Waals surface area contributed by atoms with Crippen molar-refractivity contribution >= 4 is 0 Å². The van der Waals surface area contributed by atoms with E-state index in [1.165, 1.54) is 56.4 Å². The number of rotatable bonds is 3. The largest absolute Gasteiger partial charge is 0.508 e. The van der Waals surface area contributed by atoms with Crippen LogP contribution in [0.2, 0.25) is 0 Å². The average Bonchev–Trinajstić information content (AvgIpc) is 2.49. The molecule has 0 radical (unpaired) electrons. The van der Waals surface area contributed by atoms with E-state index in [0.29, 0.717) is 11.8 Å². The standard InChI is InChI=1S/C18H28N2O/c1-19-11-9-14(10-12-19)13-20(2)17-7-3-6-16-15(17)5-4-8-18(16)21/h4-5,8,14,17,21H,3,6-7,9-13H2,1-2H3. The second-order valence-electron chi connectivity index (χ2n) is 6.94. The molecule has 0 bridgehead atoms. The summed E-state index contributed by atoms with van der Waals surface area (Å²) in [5.41, 5.74) is 2.54. The van der Waals surface area contributed by atoms with Crippen molar-refractivity contribution in [3.8, 4) is 5.75 Å². The monoisotopic (exact) mass is 288 g/mol. The van der Waals surface area contributed by atoms with Crippen LogP contribution in [0, 0.1) is 5.92 Å². The summed E-state index contributed by atoms with van der Waals surface area (Å²) in [6, 6.07) is 6.53. The molecule has 1 aromatic carbocycles. The van der Waals surface area contributed by atoms with E-state index in [0.717, 1.165) is 12.3 Å². The molecule has 2 aliphatic rings. The molecule has 0 aromatic heterocycles. The molecule has 3 nitrogen and oxygen atoms in total. The van der Waals surface area contributed by atoms with E-state index in [-0.39, 0.29) is 0 Å². The first-order chi connectivity index (χ1) is 10.1. The van der Waals surface area contributed by atoms with Crippen LogP contribution in [0.25, 0.3) is 0 Å². The molecule has 116 valence electrons. The number of benzene rings is 1. The van der Waals surface area contributed by atoms with Gasteiger partial charge < -0.3 is 10.0 Å². The number of likely N-dealkylation sites (tertiary alicyclic amines) is 1. The van der Waals surface area contributed by atoms with E-state index in [1.54, 1.807) is 0 Å². The van der Waals surface area contributed by atoms with Crippen molar-refractivity contribution in [1.29, 1.82) is 0 Å². The smallest absolute Gasteiger partial charge is 0.119 e. The molecular weight excluding hydrogens is 260 g/mol. The van der Waals surface area contributed by atoms with Gasteiger partial charge in [-0.2, -0.15) is 0 Å². The zero-order valence-electron chi connectivity index (χ0n) is 13.4. The molecule has 1 aliphatic carbocycles. The lowest BCUT2D eigenvalue weighted by Gasteiger charge is -2.37. The number of nitrogens with zero attached hydrogens (tertiary/aromatic N) is 2. The minimum absolute atomic E-state index is 0.487. The number of phenolic OH excluding ortho intramolecular Hbond substituents is 1. The summed E-state index contributed by atoms with van der Waals surface area (Å²) in [4.78, 5) is 4.97. The molecule has 3 heteroatoms. The Morgan fingerprint density at radius 2 is 2.00 bits per heavy atom. The van der Waals surface area contributed by atoms with E-state index in [2.05, 4.69) is 30.0 Å². The first-order valence-electron chi connectivity index (χ1n) is 8.34. The van der Waals surface area contributed by atoms with Gasteiger partial charge in [0.25, 0.3) is 0 Å². The maximum atomic E-state index is 10.1. The predicted molar refractivity (Wildman–Crippen MR) is 86.6 cm³/mol. The van der Waals surface area contributed by atoms with Crippen molar-refractivity contribution in [2.45, 2.75) is 38.1 Å². The number of phenols is 1. The highest BCUT2D eigenvalue weighted by atomic mass is 16.3. The second-order valence-corrected chi connectivity index (χ2v) is 6.94. The topological polar surface area (TPSA) is 26.7 Å². The summed E-state index contributed by atoms with van der Waals surface area (Å²) < 4.78 is 0. The lowest BCUT2D eigenvalue weighted by molar-refractivity contribution is 0.141. The lowest BCUT2D eigenvalue weighted by atomic mass is 9.85. The van der Waals surface area contributed by atoms with Crippen molar-refractivity contribution in [1.82, 2.24) is 9.80 Å². The maximum Gasteiger partial charge on any atom is 0.119 e. The van der Waals surface area contributed by atoms with Crippen LogP contribution in [0.3, 0.4) is 0 Å². The third-order valence-electron chi connectivity index (χ3n) is 5.37. The van der Waals surface area contributed by atoms with Gasteiger partial charge in [-0.15, -0.1) is 0 Å². The zero-order chi connectivity index (χ0) is 14.8. The highest BCUT2D eigenvalue weighted by Crippen LogP contribution is 2.38. The summed E-state index contributed by atoms with van der Waals surface area (Å²) >= 11 is 0. The van der Waals surface area contributed by atoms with Crippen LogP contribution in [0.15, 0.2) is 18.2 Å². The van der Waals surface area contributed by atoms with E-state index in [9.17, 15) is 5.11 Å². The normalized spacial score (nSPS) is 24.2. The third kappa shape index (κ3) is 3.24. The number of piperidine rings is 1. The van der Waals surface area contributed by atoms with Gasteiger partial charge in [-0.3, -0.25) is 4.90 Å². The Morgan fingerprint density at radius 1 is 1.24 bits per heavy atom. The molecule has 1 aliphatic heterocycles.